The number of methoxy groups -OCH3 is 2. The first-order valence-electron chi connectivity index (χ1n) is 8.51. The van der Waals surface area contributed by atoms with Crippen LogP contribution in [-0.2, 0) is 21.4 Å². The number of anilines is 2. The van der Waals surface area contributed by atoms with Crippen molar-refractivity contribution in [3.05, 3.63) is 47.5 Å². The number of amides is 2. The van der Waals surface area contributed by atoms with Crippen molar-refractivity contribution in [1.82, 2.24) is 5.32 Å². The molecule has 10 heteroatoms. The van der Waals surface area contributed by atoms with Crippen LogP contribution in [0.25, 0.3) is 0 Å². The number of nitrogens with one attached hydrogen (secondary N) is 3. The summed E-state index contributed by atoms with van der Waals surface area (Å²) in [6, 6.07) is 9.48. The highest BCUT2D eigenvalue weighted by molar-refractivity contribution is 7.92. The van der Waals surface area contributed by atoms with Gasteiger partial charge in [-0.25, -0.2) is 8.42 Å². The topological polar surface area (TPSA) is 123 Å². The molecule has 9 nitrogen and oxygen atoms in total. The molecule has 2 aromatic carbocycles. The SMILES string of the molecule is COc1ccc(CNC(=O)c2cc(NC(C)=O)ccc2NS(C)(=O)=O)c(OC)c1. The highest BCUT2D eigenvalue weighted by Crippen LogP contribution is 2.25. The summed E-state index contributed by atoms with van der Waals surface area (Å²) in [7, 11) is -0.564. The molecular formula is C19H23N3O6S. The van der Waals surface area contributed by atoms with Crippen molar-refractivity contribution >= 4 is 33.2 Å². The Bertz CT molecular complexity index is 1020. The van der Waals surface area contributed by atoms with Gasteiger partial charge < -0.3 is 20.1 Å². The number of rotatable bonds is 8. The van der Waals surface area contributed by atoms with E-state index in [2.05, 4.69) is 15.4 Å². The molecule has 3 N–H and O–H groups in total. The highest BCUT2D eigenvalue weighted by atomic mass is 32.2. The van der Waals surface area contributed by atoms with Crippen LogP contribution in [0.15, 0.2) is 36.4 Å². The second-order valence-corrected chi connectivity index (χ2v) is 7.92. The van der Waals surface area contributed by atoms with Gasteiger partial charge in [0.2, 0.25) is 15.9 Å². The monoisotopic (exact) mass is 421 g/mol. The van der Waals surface area contributed by atoms with Crippen LogP contribution in [0.1, 0.15) is 22.8 Å². The van der Waals surface area contributed by atoms with Crippen LogP contribution in [0, 0.1) is 0 Å². The van der Waals surface area contributed by atoms with Crippen molar-refractivity contribution in [2.75, 3.05) is 30.5 Å². The maximum atomic E-state index is 12.8. The molecule has 0 aliphatic carbocycles. The third-order valence-corrected chi connectivity index (χ3v) is 4.40. The Kier molecular flexibility index (Phi) is 7.05. The van der Waals surface area contributed by atoms with Crippen molar-refractivity contribution in [2.24, 2.45) is 0 Å². The van der Waals surface area contributed by atoms with E-state index >= 15 is 0 Å². The summed E-state index contributed by atoms with van der Waals surface area (Å²) in [5, 5.41) is 5.29. The standard InChI is InChI=1S/C19H23N3O6S/c1-12(23)21-14-6-8-17(22-29(4,25)26)16(9-14)19(24)20-11-13-5-7-15(27-2)10-18(13)28-3/h5-10,22H,11H2,1-4H3,(H,20,24)(H,21,23). The fourth-order valence-electron chi connectivity index (χ4n) is 2.57. The Morgan fingerprint density at radius 1 is 1.03 bits per heavy atom. The molecule has 2 rings (SSSR count). The molecule has 0 radical (unpaired) electrons. The quantitative estimate of drug-likeness (QED) is 0.599. The molecule has 0 saturated carbocycles. The minimum absolute atomic E-state index is 0.0640. The summed E-state index contributed by atoms with van der Waals surface area (Å²) in [6.45, 7) is 1.47. The first-order valence-corrected chi connectivity index (χ1v) is 10.4. The number of carbonyl (C=O) groups excluding carboxylic acids is 2. The molecule has 0 unspecified atom stereocenters. The van der Waals surface area contributed by atoms with E-state index in [0.717, 1.165) is 6.26 Å². The van der Waals surface area contributed by atoms with Crippen LogP contribution >= 0.6 is 0 Å². The number of benzene rings is 2. The average Bonchev–Trinajstić information content (AvgIpc) is 2.65. The molecule has 0 fully saturated rings. The van der Waals surface area contributed by atoms with Gasteiger partial charge in [-0.2, -0.15) is 0 Å². The molecule has 0 spiro atoms. The van der Waals surface area contributed by atoms with E-state index in [4.69, 9.17) is 9.47 Å². The lowest BCUT2D eigenvalue weighted by Gasteiger charge is -2.14. The van der Waals surface area contributed by atoms with Crippen LogP contribution < -0.4 is 24.8 Å². The van der Waals surface area contributed by atoms with Gasteiger partial charge in [-0.15, -0.1) is 0 Å². The lowest BCUT2D eigenvalue weighted by Crippen LogP contribution is -2.25. The van der Waals surface area contributed by atoms with Gasteiger partial charge in [-0.05, 0) is 30.3 Å². The Morgan fingerprint density at radius 3 is 2.34 bits per heavy atom. The molecule has 0 atom stereocenters. The van der Waals surface area contributed by atoms with E-state index in [1.165, 1.54) is 39.3 Å². The lowest BCUT2D eigenvalue weighted by atomic mass is 10.1. The number of hydrogen-bond acceptors (Lipinski definition) is 6. The zero-order valence-corrected chi connectivity index (χ0v) is 17.3. The molecular weight excluding hydrogens is 398 g/mol. The first-order chi connectivity index (χ1) is 13.6. The summed E-state index contributed by atoms with van der Waals surface area (Å²) < 4.78 is 36.0. The molecule has 0 aliphatic heterocycles. The van der Waals surface area contributed by atoms with Crippen molar-refractivity contribution < 1.29 is 27.5 Å². The van der Waals surface area contributed by atoms with Gasteiger partial charge in [0.25, 0.3) is 5.91 Å². The Morgan fingerprint density at radius 2 is 1.76 bits per heavy atom. The van der Waals surface area contributed by atoms with Crippen molar-refractivity contribution in [1.29, 1.82) is 0 Å². The Balaban J connectivity index is 2.29. The van der Waals surface area contributed by atoms with Gasteiger partial charge in [-0.3, -0.25) is 14.3 Å². The van der Waals surface area contributed by atoms with Gasteiger partial charge in [0.15, 0.2) is 0 Å². The first kappa shape index (κ1) is 22.0. The zero-order chi connectivity index (χ0) is 21.6. The summed E-state index contributed by atoms with van der Waals surface area (Å²) in [5.74, 6) is 0.301. The van der Waals surface area contributed by atoms with Gasteiger partial charge in [0.05, 0.1) is 31.7 Å². The minimum Gasteiger partial charge on any atom is -0.497 e. The van der Waals surface area contributed by atoms with Crippen molar-refractivity contribution in [3.8, 4) is 11.5 Å². The predicted octanol–water partition coefficient (Wildman–Crippen LogP) is 1.96. The molecule has 0 heterocycles. The molecule has 0 aliphatic rings. The van der Waals surface area contributed by atoms with E-state index < -0.39 is 15.9 Å². The van der Waals surface area contributed by atoms with Gasteiger partial charge in [0.1, 0.15) is 11.5 Å². The molecule has 0 bridgehead atoms. The maximum Gasteiger partial charge on any atom is 0.253 e. The summed E-state index contributed by atoms with van der Waals surface area (Å²) in [4.78, 5) is 24.1. The number of hydrogen-bond donors (Lipinski definition) is 3. The third-order valence-electron chi connectivity index (χ3n) is 3.81. The summed E-state index contributed by atoms with van der Waals surface area (Å²) >= 11 is 0. The van der Waals surface area contributed by atoms with E-state index in [9.17, 15) is 18.0 Å². The number of carbonyl (C=O) groups is 2. The Hall–Kier alpha value is -3.27. The molecule has 2 aromatic rings. The number of ether oxygens (including phenoxy) is 2. The second-order valence-electron chi connectivity index (χ2n) is 6.18. The van der Waals surface area contributed by atoms with Gasteiger partial charge >= 0.3 is 0 Å². The third kappa shape index (κ3) is 6.39. The van der Waals surface area contributed by atoms with Gasteiger partial charge in [-0.1, -0.05) is 0 Å². The largest absolute Gasteiger partial charge is 0.497 e. The zero-order valence-electron chi connectivity index (χ0n) is 16.5. The van der Waals surface area contributed by atoms with Crippen LogP contribution in [-0.4, -0.2) is 40.7 Å². The van der Waals surface area contributed by atoms with Crippen LogP contribution in [0.3, 0.4) is 0 Å². The van der Waals surface area contributed by atoms with Crippen LogP contribution in [0.4, 0.5) is 11.4 Å². The average molecular weight is 421 g/mol. The Labute approximate surface area is 169 Å². The molecule has 0 saturated heterocycles. The highest BCUT2D eigenvalue weighted by Gasteiger charge is 2.16. The van der Waals surface area contributed by atoms with E-state index in [1.54, 1.807) is 18.2 Å². The van der Waals surface area contributed by atoms with E-state index in [1.807, 2.05) is 0 Å². The molecule has 2 amide bonds. The fourth-order valence-corrected chi connectivity index (χ4v) is 3.15. The molecule has 29 heavy (non-hydrogen) atoms. The lowest BCUT2D eigenvalue weighted by molar-refractivity contribution is -0.114. The van der Waals surface area contributed by atoms with Gasteiger partial charge in [0, 0.05) is 30.8 Å². The molecule has 0 aromatic heterocycles. The van der Waals surface area contributed by atoms with Crippen molar-refractivity contribution in [2.45, 2.75) is 13.5 Å². The second kappa shape index (κ2) is 9.28. The van der Waals surface area contributed by atoms with E-state index in [0.29, 0.717) is 22.7 Å². The molecule has 156 valence electrons. The minimum atomic E-state index is -3.61. The smallest absolute Gasteiger partial charge is 0.253 e. The summed E-state index contributed by atoms with van der Waals surface area (Å²) in [5.41, 5.74) is 1.23. The summed E-state index contributed by atoms with van der Waals surface area (Å²) in [6.07, 6.45) is 0.985. The number of sulfonamides is 1. The normalized spacial score (nSPS) is 10.8. The van der Waals surface area contributed by atoms with Crippen LogP contribution in [0.5, 0.6) is 11.5 Å². The predicted molar refractivity (Wildman–Crippen MR) is 110 cm³/mol. The fraction of sp³-hybridized carbons (Fsp3) is 0.263. The maximum absolute atomic E-state index is 12.8. The van der Waals surface area contributed by atoms with Crippen LogP contribution in [0.2, 0.25) is 0 Å². The van der Waals surface area contributed by atoms with E-state index in [-0.39, 0.29) is 23.7 Å². The van der Waals surface area contributed by atoms with Crippen molar-refractivity contribution in [3.63, 3.8) is 0 Å².